The van der Waals surface area contributed by atoms with Gasteiger partial charge in [0.2, 0.25) is 0 Å². The molecule has 1 saturated carbocycles. The monoisotopic (exact) mass is 206 g/mol. The fourth-order valence-corrected chi connectivity index (χ4v) is 1.58. The van der Waals surface area contributed by atoms with Crippen molar-refractivity contribution in [3.05, 3.63) is 0 Å². The van der Waals surface area contributed by atoms with E-state index in [1.807, 2.05) is 0 Å². The number of hydrogen-bond donors (Lipinski definition) is 1. The van der Waals surface area contributed by atoms with Crippen molar-refractivity contribution in [3.63, 3.8) is 0 Å². The molecule has 5 heteroatoms. The zero-order valence-electron chi connectivity index (χ0n) is 8.13. The molecule has 3 atom stereocenters. The molecule has 0 aromatic heterocycles. The van der Waals surface area contributed by atoms with Crippen LogP contribution in [0.15, 0.2) is 0 Å². The van der Waals surface area contributed by atoms with Crippen molar-refractivity contribution in [3.8, 4) is 0 Å². The number of hydrogen-bond acceptors (Lipinski definition) is 2. The minimum absolute atomic E-state index is 0.0388. The summed E-state index contributed by atoms with van der Waals surface area (Å²) in [7, 11) is 0. The van der Waals surface area contributed by atoms with E-state index in [1.54, 1.807) is 6.92 Å². The van der Waals surface area contributed by atoms with Crippen LogP contribution in [0.4, 0.5) is 8.78 Å². The Labute approximate surface area is 80.6 Å². The van der Waals surface area contributed by atoms with E-state index in [0.29, 0.717) is 6.42 Å². The first-order valence-electron chi connectivity index (χ1n) is 4.44. The summed E-state index contributed by atoms with van der Waals surface area (Å²) < 4.78 is 24.9. The van der Waals surface area contributed by atoms with E-state index >= 15 is 0 Å². The molecule has 0 spiro atoms. The molecule has 3 nitrogen and oxygen atoms in total. The Hall–Kier alpha value is -0.840. The lowest BCUT2D eigenvalue weighted by molar-refractivity contribution is -0.122. The number of carbonyl (C=O) groups excluding carboxylic acids is 2. The highest BCUT2D eigenvalue weighted by Crippen LogP contribution is 2.43. The van der Waals surface area contributed by atoms with E-state index in [4.69, 9.17) is 5.73 Å². The number of alkyl halides is 2. The molecule has 0 aromatic carbocycles. The summed E-state index contributed by atoms with van der Waals surface area (Å²) >= 11 is 0. The zero-order chi connectivity index (χ0) is 11.1. The standard InChI is InChI=1S/C9H13F2NO2/c1-4-3-9(4,12)7(14)6(5(2)13)8(10)11/h4,6,8H,3,12H2,1-2H3/p+1/t4?,6?,9-/m1/s1. The smallest absolute Gasteiger partial charge is 0.314 e. The van der Waals surface area contributed by atoms with Crippen LogP contribution in [-0.4, -0.2) is 28.3 Å². The van der Waals surface area contributed by atoms with Gasteiger partial charge in [-0.15, -0.1) is 0 Å². The lowest BCUT2D eigenvalue weighted by atomic mass is 9.92. The normalized spacial score (nSPS) is 32.9. The van der Waals surface area contributed by atoms with E-state index in [2.05, 4.69) is 0 Å². The fourth-order valence-electron chi connectivity index (χ4n) is 1.58. The Balaban J connectivity index is 2.81. The van der Waals surface area contributed by atoms with E-state index in [9.17, 15) is 18.4 Å². The maximum atomic E-state index is 12.4. The summed E-state index contributed by atoms with van der Waals surface area (Å²) in [5, 5.41) is 0. The summed E-state index contributed by atoms with van der Waals surface area (Å²) in [4.78, 5) is 20.4. The van der Waals surface area contributed by atoms with Crippen LogP contribution in [0, 0.1) is 11.8 Å². The third kappa shape index (κ3) is 1.68. The van der Waals surface area contributed by atoms with Crippen molar-refractivity contribution in [2.45, 2.75) is 32.2 Å². The molecule has 0 bridgehead atoms. The van der Waals surface area contributed by atoms with Crippen molar-refractivity contribution in [1.82, 2.24) is 0 Å². The lowest BCUT2D eigenvalue weighted by Crippen LogP contribution is -2.45. The molecule has 14 heavy (non-hydrogen) atoms. The van der Waals surface area contributed by atoms with Gasteiger partial charge in [-0.25, -0.2) is 8.78 Å². The maximum absolute atomic E-state index is 12.4. The first-order chi connectivity index (χ1) is 6.30. The third-order valence-electron chi connectivity index (χ3n) is 2.82. The summed E-state index contributed by atoms with van der Waals surface area (Å²) in [5.74, 6) is -3.08. The molecule has 0 aliphatic heterocycles. The van der Waals surface area contributed by atoms with Gasteiger partial charge in [0.05, 0.1) is 0 Å². The number of halogens is 2. The van der Waals surface area contributed by atoms with Crippen molar-refractivity contribution in [1.29, 1.82) is 0 Å². The largest absolute Gasteiger partial charge is 0.329 e. The molecule has 0 aromatic rings. The Morgan fingerprint density at radius 1 is 1.64 bits per heavy atom. The van der Waals surface area contributed by atoms with E-state index in [0.717, 1.165) is 6.92 Å². The highest BCUT2D eigenvalue weighted by Gasteiger charge is 2.62. The van der Waals surface area contributed by atoms with Crippen molar-refractivity contribution in [2.75, 3.05) is 0 Å². The first kappa shape index (κ1) is 11.2. The van der Waals surface area contributed by atoms with E-state index in [-0.39, 0.29) is 5.92 Å². The summed E-state index contributed by atoms with van der Waals surface area (Å²) in [6.07, 6.45) is -2.43. The van der Waals surface area contributed by atoms with Crippen LogP contribution in [0.3, 0.4) is 0 Å². The van der Waals surface area contributed by atoms with Crippen LogP contribution in [0.5, 0.6) is 0 Å². The number of Topliss-reactive ketones (excluding diaryl/α,β-unsaturated/α-hetero) is 1. The summed E-state index contributed by atoms with van der Waals surface area (Å²) in [5.41, 5.74) is 4.56. The minimum Gasteiger partial charge on any atom is -0.314 e. The van der Waals surface area contributed by atoms with Gasteiger partial charge in [0.1, 0.15) is 5.54 Å². The van der Waals surface area contributed by atoms with Gasteiger partial charge in [0.15, 0.2) is 11.7 Å². The topological polar surface area (TPSA) is 64.5 Å². The van der Waals surface area contributed by atoms with Gasteiger partial charge in [-0.05, 0) is 19.3 Å². The van der Waals surface area contributed by atoms with E-state index in [1.165, 1.54) is 0 Å². The predicted molar refractivity (Wildman–Crippen MR) is 47.8 cm³/mol. The van der Waals surface area contributed by atoms with Crippen LogP contribution in [0.2, 0.25) is 0 Å². The Bertz CT molecular complexity index is 280. The van der Waals surface area contributed by atoms with Gasteiger partial charge in [0, 0.05) is 0 Å². The predicted octanol–water partition coefficient (Wildman–Crippen LogP) is 0.739. The molecule has 1 aliphatic rings. The summed E-state index contributed by atoms with van der Waals surface area (Å²) in [6.45, 7) is 2.78. The average Bonchev–Trinajstić information content (AvgIpc) is 2.59. The SMILES string of the molecule is CC(=O)C(C(=[OH+])[C@@]1(N)CC1C)C(F)F. The van der Waals surface area contributed by atoms with Crippen LogP contribution in [0.25, 0.3) is 0 Å². The van der Waals surface area contributed by atoms with Crippen molar-refractivity contribution < 1.29 is 18.4 Å². The van der Waals surface area contributed by atoms with Gasteiger partial charge in [-0.1, -0.05) is 6.92 Å². The second kappa shape index (κ2) is 3.38. The molecule has 1 rings (SSSR count). The Morgan fingerprint density at radius 2 is 2.07 bits per heavy atom. The van der Waals surface area contributed by atoms with Crippen molar-refractivity contribution in [2.24, 2.45) is 17.6 Å². The second-order valence-corrected chi connectivity index (χ2v) is 3.95. The Kier molecular flexibility index (Phi) is 2.71. The molecule has 1 aliphatic carbocycles. The van der Waals surface area contributed by atoms with Crippen LogP contribution >= 0.6 is 0 Å². The van der Waals surface area contributed by atoms with E-state index < -0.39 is 29.4 Å². The number of rotatable bonds is 4. The minimum atomic E-state index is -2.89. The molecule has 0 radical (unpaired) electrons. The number of ketones is 2. The first-order valence-corrected chi connectivity index (χ1v) is 4.44. The lowest BCUT2D eigenvalue weighted by Gasteiger charge is -2.11. The van der Waals surface area contributed by atoms with Crippen LogP contribution < -0.4 is 5.73 Å². The molecule has 2 unspecified atom stereocenters. The zero-order valence-corrected chi connectivity index (χ0v) is 8.13. The van der Waals surface area contributed by atoms with Gasteiger partial charge >= 0.3 is 5.78 Å². The molecule has 0 amide bonds. The number of nitrogens with two attached hydrogens (primary N) is 1. The Morgan fingerprint density at radius 3 is 2.29 bits per heavy atom. The molecular formula is C9H14F2NO2+. The molecular weight excluding hydrogens is 192 g/mol. The third-order valence-corrected chi connectivity index (χ3v) is 2.82. The van der Waals surface area contributed by atoms with Gasteiger partial charge < -0.3 is 5.73 Å². The quantitative estimate of drug-likeness (QED) is 0.544. The van der Waals surface area contributed by atoms with Crippen molar-refractivity contribution >= 4 is 11.6 Å². The molecule has 0 heterocycles. The fraction of sp³-hybridized carbons (Fsp3) is 0.778. The molecule has 3 N–H and O–H groups in total. The van der Waals surface area contributed by atoms with Gasteiger partial charge in [-0.3, -0.25) is 9.59 Å². The maximum Gasteiger partial charge on any atom is 0.329 e. The van der Waals surface area contributed by atoms with Gasteiger partial charge in [0.25, 0.3) is 6.43 Å². The second-order valence-electron chi connectivity index (χ2n) is 3.95. The highest BCUT2D eigenvalue weighted by atomic mass is 19.3. The molecule has 80 valence electrons. The van der Waals surface area contributed by atoms with Crippen LogP contribution in [0.1, 0.15) is 20.3 Å². The average molecular weight is 206 g/mol. The van der Waals surface area contributed by atoms with Crippen LogP contribution in [-0.2, 0) is 4.79 Å². The summed E-state index contributed by atoms with van der Waals surface area (Å²) in [6, 6.07) is 0. The van der Waals surface area contributed by atoms with Gasteiger partial charge in [-0.2, -0.15) is 0 Å². The number of carbonyl (C=O) groups is 1. The molecule has 0 saturated heterocycles. The molecule has 1 fully saturated rings. The highest BCUT2D eigenvalue weighted by molar-refractivity contribution is 6.08.